The second-order valence-electron chi connectivity index (χ2n) is 5.84. The first-order valence-electron chi connectivity index (χ1n) is 7.64. The first kappa shape index (κ1) is 15.0. The van der Waals surface area contributed by atoms with Crippen LogP contribution in [0.5, 0.6) is 0 Å². The summed E-state index contributed by atoms with van der Waals surface area (Å²) in [4.78, 5) is 14.4. The lowest BCUT2D eigenvalue weighted by Crippen LogP contribution is -2.39. The van der Waals surface area contributed by atoms with Crippen LogP contribution in [0.2, 0.25) is 0 Å². The molecule has 1 aliphatic heterocycles. The van der Waals surface area contributed by atoms with Gasteiger partial charge in [-0.2, -0.15) is 5.10 Å². The van der Waals surface area contributed by atoms with Gasteiger partial charge in [0.15, 0.2) is 0 Å². The van der Waals surface area contributed by atoms with E-state index in [1.807, 2.05) is 18.1 Å². The molecule has 112 valence electrons. The molecule has 2 rings (SSSR count). The highest BCUT2D eigenvalue weighted by Gasteiger charge is 2.25. The predicted octanol–water partition coefficient (Wildman–Crippen LogP) is 1.85. The van der Waals surface area contributed by atoms with E-state index >= 15 is 0 Å². The second-order valence-corrected chi connectivity index (χ2v) is 5.84. The summed E-state index contributed by atoms with van der Waals surface area (Å²) >= 11 is 0. The average Bonchev–Trinajstić information content (AvgIpc) is 2.73. The van der Waals surface area contributed by atoms with E-state index in [1.54, 1.807) is 10.9 Å². The van der Waals surface area contributed by atoms with Crippen molar-refractivity contribution in [2.24, 2.45) is 18.7 Å². The molecular formula is C15H26N4O. The molecule has 1 aromatic rings. The van der Waals surface area contributed by atoms with Gasteiger partial charge in [0.05, 0.1) is 6.20 Å². The first-order chi connectivity index (χ1) is 9.61. The molecule has 20 heavy (non-hydrogen) atoms. The Morgan fingerprint density at radius 2 is 2.30 bits per heavy atom. The molecule has 1 saturated heterocycles. The van der Waals surface area contributed by atoms with Crippen LogP contribution in [0.1, 0.15) is 50.6 Å². The second kappa shape index (κ2) is 6.88. The van der Waals surface area contributed by atoms with Gasteiger partial charge in [0, 0.05) is 31.9 Å². The molecule has 1 aliphatic rings. The molecule has 0 aromatic carbocycles. The average molecular weight is 278 g/mol. The molecule has 1 amide bonds. The summed E-state index contributed by atoms with van der Waals surface area (Å²) in [7, 11) is 1.84. The summed E-state index contributed by atoms with van der Waals surface area (Å²) in [6.45, 7) is 3.91. The van der Waals surface area contributed by atoms with Crippen LogP contribution >= 0.6 is 0 Å². The Morgan fingerprint density at radius 3 is 2.95 bits per heavy atom. The van der Waals surface area contributed by atoms with Gasteiger partial charge in [-0.1, -0.05) is 19.8 Å². The van der Waals surface area contributed by atoms with Gasteiger partial charge in [0.25, 0.3) is 0 Å². The van der Waals surface area contributed by atoms with Crippen LogP contribution in [0.25, 0.3) is 0 Å². The van der Waals surface area contributed by atoms with Gasteiger partial charge in [-0.15, -0.1) is 0 Å². The van der Waals surface area contributed by atoms with Crippen molar-refractivity contribution in [2.45, 2.75) is 45.1 Å². The van der Waals surface area contributed by atoms with Crippen molar-refractivity contribution in [3.63, 3.8) is 0 Å². The molecule has 5 heteroatoms. The lowest BCUT2D eigenvalue weighted by atomic mass is 9.96. The predicted molar refractivity (Wildman–Crippen MR) is 79.0 cm³/mol. The molecule has 2 unspecified atom stereocenters. The number of nitrogens with zero attached hydrogens (tertiary/aromatic N) is 3. The van der Waals surface area contributed by atoms with E-state index in [1.165, 1.54) is 19.3 Å². The third-order valence-corrected chi connectivity index (χ3v) is 4.21. The minimum absolute atomic E-state index is 0.0372. The molecular weight excluding hydrogens is 252 g/mol. The zero-order valence-electron chi connectivity index (χ0n) is 12.6. The van der Waals surface area contributed by atoms with Crippen LogP contribution in [-0.4, -0.2) is 33.7 Å². The number of carbonyl (C=O) groups excluding carboxylic acids is 1. The molecule has 2 N–H and O–H groups in total. The Labute approximate surface area is 121 Å². The summed E-state index contributed by atoms with van der Waals surface area (Å²) in [5.74, 6) is 0.808. The Morgan fingerprint density at radius 1 is 1.50 bits per heavy atom. The van der Waals surface area contributed by atoms with Crippen molar-refractivity contribution in [2.75, 3.05) is 13.1 Å². The van der Waals surface area contributed by atoms with Crippen molar-refractivity contribution < 1.29 is 4.79 Å². The maximum absolute atomic E-state index is 12.5. The van der Waals surface area contributed by atoms with E-state index in [2.05, 4.69) is 12.0 Å². The Bertz CT molecular complexity index is 443. The summed E-state index contributed by atoms with van der Waals surface area (Å²) < 4.78 is 1.68. The zero-order chi connectivity index (χ0) is 14.5. The molecule has 0 bridgehead atoms. The van der Waals surface area contributed by atoms with Crippen molar-refractivity contribution in [3.05, 3.63) is 18.0 Å². The minimum atomic E-state index is -0.577. The summed E-state index contributed by atoms with van der Waals surface area (Å²) in [5.41, 5.74) is 6.88. The molecule has 0 aliphatic carbocycles. The van der Waals surface area contributed by atoms with E-state index in [-0.39, 0.29) is 5.91 Å². The molecule has 2 atom stereocenters. The van der Waals surface area contributed by atoms with Crippen LogP contribution < -0.4 is 5.73 Å². The normalized spacial score (nSPS) is 21.6. The minimum Gasteiger partial charge on any atom is -0.341 e. The van der Waals surface area contributed by atoms with Crippen molar-refractivity contribution in [1.29, 1.82) is 0 Å². The van der Waals surface area contributed by atoms with Crippen LogP contribution in [0.4, 0.5) is 0 Å². The first-order valence-corrected chi connectivity index (χ1v) is 7.64. The highest BCUT2D eigenvalue weighted by Crippen LogP contribution is 2.23. The largest absolute Gasteiger partial charge is 0.341 e. The molecule has 0 spiro atoms. The van der Waals surface area contributed by atoms with Gasteiger partial charge < -0.3 is 10.6 Å². The summed E-state index contributed by atoms with van der Waals surface area (Å²) in [5, 5.41) is 4.09. The van der Waals surface area contributed by atoms with E-state index in [9.17, 15) is 4.79 Å². The van der Waals surface area contributed by atoms with E-state index in [0.29, 0.717) is 0 Å². The molecule has 0 radical (unpaired) electrons. The van der Waals surface area contributed by atoms with Crippen molar-refractivity contribution >= 4 is 5.91 Å². The maximum Gasteiger partial charge on any atom is 0.244 e. The SMILES string of the molecule is CCCC1CCCN(C(=O)C(N)c2cnn(C)c2)CC1. The summed E-state index contributed by atoms with van der Waals surface area (Å²) in [6.07, 6.45) is 9.44. The monoisotopic (exact) mass is 278 g/mol. The van der Waals surface area contributed by atoms with Gasteiger partial charge in [-0.25, -0.2) is 0 Å². The fourth-order valence-corrected chi connectivity index (χ4v) is 3.02. The highest BCUT2D eigenvalue weighted by atomic mass is 16.2. The van der Waals surface area contributed by atoms with Crippen LogP contribution in [0.3, 0.4) is 0 Å². The highest BCUT2D eigenvalue weighted by molar-refractivity contribution is 5.82. The lowest BCUT2D eigenvalue weighted by Gasteiger charge is -2.23. The van der Waals surface area contributed by atoms with Crippen molar-refractivity contribution in [1.82, 2.24) is 14.7 Å². The van der Waals surface area contributed by atoms with Crippen molar-refractivity contribution in [3.8, 4) is 0 Å². The Hall–Kier alpha value is -1.36. The molecule has 2 heterocycles. The van der Waals surface area contributed by atoms with Crippen LogP contribution in [-0.2, 0) is 11.8 Å². The number of rotatable bonds is 4. The Balaban J connectivity index is 1.95. The third-order valence-electron chi connectivity index (χ3n) is 4.21. The number of aromatic nitrogens is 2. The van der Waals surface area contributed by atoms with Gasteiger partial charge in [0.1, 0.15) is 6.04 Å². The topological polar surface area (TPSA) is 64.2 Å². The zero-order valence-corrected chi connectivity index (χ0v) is 12.6. The van der Waals surface area contributed by atoms with Gasteiger partial charge >= 0.3 is 0 Å². The Kier molecular flexibility index (Phi) is 5.17. The lowest BCUT2D eigenvalue weighted by molar-refractivity contribution is -0.132. The number of hydrogen-bond acceptors (Lipinski definition) is 3. The number of likely N-dealkylation sites (tertiary alicyclic amines) is 1. The van der Waals surface area contributed by atoms with E-state index in [4.69, 9.17) is 5.73 Å². The standard InChI is InChI=1S/C15H26N4O/c1-3-5-12-6-4-8-19(9-7-12)15(20)14(16)13-10-17-18(2)11-13/h10-12,14H,3-9,16H2,1-2H3. The van der Waals surface area contributed by atoms with Gasteiger partial charge in [0.2, 0.25) is 5.91 Å². The summed E-state index contributed by atoms with van der Waals surface area (Å²) in [6, 6.07) is -0.577. The number of carbonyl (C=O) groups is 1. The molecule has 5 nitrogen and oxygen atoms in total. The smallest absolute Gasteiger partial charge is 0.244 e. The number of nitrogens with two attached hydrogens (primary N) is 1. The quantitative estimate of drug-likeness (QED) is 0.914. The van der Waals surface area contributed by atoms with Crippen LogP contribution in [0, 0.1) is 5.92 Å². The van der Waals surface area contributed by atoms with Crippen LogP contribution in [0.15, 0.2) is 12.4 Å². The molecule has 1 aromatic heterocycles. The number of aryl methyl sites for hydroxylation is 1. The fourth-order valence-electron chi connectivity index (χ4n) is 3.02. The number of amides is 1. The third kappa shape index (κ3) is 3.60. The van der Waals surface area contributed by atoms with Gasteiger partial charge in [-0.3, -0.25) is 9.48 Å². The molecule has 1 fully saturated rings. The maximum atomic E-state index is 12.5. The van der Waals surface area contributed by atoms with E-state index in [0.717, 1.165) is 37.4 Å². The van der Waals surface area contributed by atoms with E-state index < -0.39 is 6.04 Å². The molecule has 0 saturated carbocycles. The van der Waals surface area contributed by atoms with Gasteiger partial charge in [-0.05, 0) is 25.2 Å². The number of hydrogen-bond donors (Lipinski definition) is 1. The fraction of sp³-hybridized carbons (Fsp3) is 0.733.